The number of hydrogen-bond acceptors (Lipinski definition) is 2. The molecule has 1 aliphatic carbocycles. The maximum atomic E-state index is 6.87. The van der Waals surface area contributed by atoms with E-state index in [1.54, 1.807) is 0 Å². The highest BCUT2D eigenvalue weighted by molar-refractivity contribution is 6.14. The number of hydrogen-bond donors (Lipinski definition) is 0. The highest BCUT2D eigenvalue weighted by Crippen LogP contribution is 2.51. The SMILES string of the molecule is CC1(C)c2ccccc2-c2ccc(N(c3ccccc3)c3cc(-c4ccccc4)c4oc5c(-c6ccccc6)cccc5c4c3)cc21.[HH]. The molecular weight excluding hydrogens is 571 g/mol. The lowest BCUT2D eigenvalue weighted by atomic mass is 9.82. The zero-order valence-corrected chi connectivity index (χ0v) is 26.4. The lowest BCUT2D eigenvalue weighted by molar-refractivity contribution is 0.660. The smallest absolute Gasteiger partial charge is 0.143 e. The Kier molecular flexibility index (Phi) is 6.20. The number of rotatable bonds is 5. The van der Waals surface area contributed by atoms with E-state index < -0.39 is 0 Å². The van der Waals surface area contributed by atoms with Crippen LogP contribution in [0.2, 0.25) is 0 Å². The fourth-order valence-corrected chi connectivity index (χ4v) is 7.55. The van der Waals surface area contributed by atoms with Crippen LogP contribution in [0.25, 0.3) is 55.3 Å². The van der Waals surface area contributed by atoms with Crippen LogP contribution in [-0.4, -0.2) is 0 Å². The molecule has 0 amide bonds. The molecule has 0 N–H and O–H groups in total. The summed E-state index contributed by atoms with van der Waals surface area (Å²) in [5, 5.41) is 2.21. The number of para-hydroxylation sites is 2. The van der Waals surface area contributed by atoms with Gasteiger partial charge >= 0.3 is 0 Å². The van der Waals surface area contributed by atoms with Gasteiger partial charge in [-0.15, -0.1) is 0 Å². The van der Waals surface area contributed by atoms with E-state index in [4.69, 9.17) is 4.42 Å². The van der Waals surface area contributed by atoms with Crippen molar-refractivity contribution < 1.29 is 5.84 Å². The van der Waals surface area contributed by atoms with Gasteiger partial charge in [0.25, 0.3) is 0 Å². The van der Waals surface area contributed by atoms with Gasteiger partial charge in [-0.3, -0.25) is 0 Å². The molecule has 1 aromatic heterocycles. The highest BCUT2D eigenvalue weighted by Gasteiger charge is 2.35. The van der Waals surface area contributed by atoms with Gasteiger partial charge in [-0.05, 0) is 69.8 Å². The summed E-state index contributed by atoms with van der Waals surface area (Å²) in [4.78, 5) is 2.39. The van der Waals surface area contributed by atoms with E-state index in [9.17, 15) is 0 Å². The predicted octanol–water partition coefficient (Wildman–Crippen LogP) is 12.9. The summed E-state index contributed by atoms with van der Waals surface area (Å²) in [6.45, 7) is 4.69. The third kappa shape index (κ3) is 4.33. The molecule has 0 bridgehead atoms. The maximum Gasteiger partial charge on any atom is 0.143 e. The molecule has 1 heterocycles. The minimum Gasteiger partial charge on any atom is -0.455 e. The molecule has 2 heteroatoms. The van der Waals surface area contributed by atoms with Gasteiger partial charge in [0.05, 0.1) is 0 Å². The van der Waals surface area contributed by atoms with Crippen LogP contribution in [-0.2, 0) is 5.41 Å². The molecule has 226 valence electrons. The zero-order valence-electron chi connectivity index (χ0n) is 26.4. The minimum atomic E-state index is -0.0992. The first-order valence-electron chi connectivity index (χ1n) is 16.3. The lowest BCUT2D eigenvalue weighted by Gasteiger charge is -2.28. The number of nitrogens with zero attached hydrogens (tertiary/aromatic N) is 1. The molecule has 0 spiro atoms. The van der Waals surface area contributed by atoms with Crippen LogP contribution in [0.3, 0.4) is 0 Å². The van der Waals surface area contributed by atoms with Crippen LogP contribution in [0.1, 0.15) is 26.4 Å². The largest absolute Gasteiger partial charge is 0.455 e. The van der Waals surface area contributed by atoms with Crippen molar-refractivity contribution in [2.24, 2.45) is 0 Å². The van der Waals surface area contributed by atoms with Crippen molar-refractivity contribution in [2.45, 2.75) is 19.3 Å². The van der Waals surface area contributed by atoms with E-state index in [0.717, 1.165) is 61.3 Å². The molecule has 1 aliphatic rings. The van der Waals surface area contributed by atoms with E-state index >= 15 is 0 Å². The van der Waals surface area contributed by atoms with Crippen LogP contribution >= 0.6 is 0 Å². The standard InChI is InChI=1S/C45H33NO.H2/c1-45(2)41-24-13-12-21-36(41)37-26-25-33(29-42(37)45)46(32-19-10-5-11-20-32)34-27-39(31-17-8-4-9-18-31)44-40(28-34)38-23-14-22-35(43(38)47-44)30-15-6-3-7-16-30;/h3-29H,1-2H3;1H. The Hall–Kier alpha value is -5.86. The van der Waals surface area contributed by atoms with E-state index in [0.29, 0.717) is 0 Å². The molecule has 9 rings (SSSR count). The second-order valence-electron chi connectivity index (χ2n) is 13.0. The van der Waals surface area contributed by atoms with Crippen molar-refractivity contribution in [1.29, 1.82) is 0 Å². The van der Waals surface area contributed by atoms with E-state index in [-0.39, 0.29) is 6.84 Å². The molecule has 8 aromatic rings. The van der Waals surface area contributed by atoms with Crippen LogP contribution in [0, 0.1) is 0 Å². The molecule has 0 unspecified atom stereocenters. The van der Waals surface area contributed by atoms with Gasteiger partial charge < -0.3 is 9.32 Å². The Morgan fingerprint density at radius 3 is 1.77 bits per heavy atom. The monoisotopic (exact) mass is 605 g/mol. The van der Waals surface area contributed by atoms with E-state index in [1.165, 1.54) is 22.3 Å². The first kappa shape index (κ1) is 27.5. The van der Waals surface area contributed by atoms with Gasteiger partial charge in [0, 0.05) is 45.8 Å². The van der Waals surface area contributed by atoms with Crippen molar-refractivity contribution in [3.8, 4) is 33.4 Å². The van der Waals surface area contributed by atoms with Gasteiger partial charge in [0.2, 0.25) is 0 Å². The molecule has 47 heavy (non-hydrogen) atoms. The van der Waals surface area contributed by atoms with Crippen molar-refractivity contribution in [3.05, 3.63) is 175 Å². The molecule has 0 fully saturated rings. The fourth-order valence-electron chi connectivity index (χ4n) is 7.55. The van der Waals surface area contributed by atoms with E-state index in [2.05, 4.69) is 183 Å². The Balaban J connectivity index is 0.00000336. The van der Waals surface area contributed by atoms with Gasteiger partial charge in [-0.1, -0.05) is 141 Å². The normalized spacial score (nSPS) is 13.1. The lowest BCUT2D eigenvalue weighted by Crippen LogP contribution is -2.16. The number of anilines is 3. The number of benzene rings is 7. The van der Waals surface area contributed by atoms with Gasteiger partial charge in [0.15, 0.2) is 0 Å². The van der Waals surface area contributed by atoms with Gasteiger partial charge in [-0.2, -0.15) is 0 Å². The van der Waals surface area contributed by atoms with Crippen LogP contribution in [0.15, 0.2) is 168 Å². The van der Waals surface area contributed by atoms with Crippen molar-refractivity contribution in [2.75, 3.05) is 4.90 Å². The minimum absolute atomic E-state index is 0. The van der Waals surface area contributed by atoms with Crippen LogP contribution in [0.4, 0.5) is 17.1 Å². The van der Waals surface area contributed by atoms with Gasteiger partial charge in [0.1, 0.15) is 11.2 Å². The molecule has 0 radical (unpaired) electrons. The first-order chi connectivity index (χ1) is 23.1. The average Bonchev–Trinajstić information content (AvgIpc) is 3.61. The van der Waals surface area contributed by atoms with Crippen molar-refractivity contribution in [1.82, 2.24) is 0 Å². The summed E-state index contributed by atoms with van der Waals surface area (Å²) in [5.41, 5.74) is 14.9. The summed E-state index contributed by atoms with van der Waals surface area (Å²) in [5.74, 6) is 0. The highest BCUT2D eigenvalue weighted by atomic mass is 16.3. The van der Waals surface area contributed by atoms with Crippen molar-refractivity contribution in [3.63, 3.8) is 0 Å². The molecule has 0 aliphatic heterocycles. The third-order valence-corrected chi connectivity index (χ3v) is 9.85. The number of furan rings is 1. The fraction of sp³-hybridized carbons (Fsp3) is 0.0667. The molecule has 7 aromatic carbocycles. The second kappa shape index (κ2) is 10.6. The Morgan fingerprint density at radius 1 is 0.426 bits per heavy atom. The average molecular weight is 606 g/mol. The first-order valence-corrected chi connectivity index (χ1v) is 16.3. The quantitative estimate of drug-likeness (QED) is 0.194. The zero-order chi connectivity index (χ0) is 31.5. The van der Waals surface area contributed by atoms with Gasteiger partial charge in [-0.25, -0.2) is 0 Å². The Labute approximate surface area is 276 Å². The molecule has 0 saturated carbocycles. The Bertz CT molecular complexity index is 2430. The summed E-state index contributed by atoms with van der Waals surface area (Å²) >= 11 is 0. The molecule has 0 atom stereocenters. The maximum absolute atomic E-state index is 6.87. The predicted molar refractivity (Wildman–Crippen MR) is 199 cm³/mol. The molecular formula is C45H35NO. The third-order valence-electron chi connectivity index (χ3n) is 9.85. The number of fused-ring (bicyclic) bond motifs is 6. The van der Waals surface area contributed by atoms with Crippen LogP contribution in [0.5, 0.6) is 0 Å². The topological polar surface area (TPSA) is 16.4 Å². The van der Waals surface area contributed by atoms with Crippen molar-refractivity contribution >= 4 is 39.0 Å². The summed E-state index contributed by atoms with van der Waals surface area (Å²) < 4.78 is 6.87. The second-order valence-corrected chi connectivity index (χ2v) is 13.0. The molecule has 0 saturated heterocycles. The summed E-state index contributed by atoms with van der Waals surface area (Å²) in [7, 11) is 0. The van der Waals surface area contributed by atoms with E-state index in [1.807, 2.05) is 0 Å². The molecule has 2 nitrogen and oxygen atoms in total. The summed E-state index contributed by atoms with van der Waals surface area (Å²) in [6.07, 6.45) is 0. The van der Waals surface area contributed by atoms with Crippen LogP contribution < -0.4 is 4.90 Å². The Morgan fingerprint density at radius 2 is 1.02 bits per heavy atom. The summed E-state index contributed by atoms with van der Waals surface area (Å²) in [6, 6.07) is 58.7.